The van der Waals surface area contributed by atoms with Crippen LogP contribution in [0.3, 0.4) is 0 Å². The van der Waals surface area contributed by atoms with Crippen molar-refractivity contribution in [1.82, 2.24) is 29.9 Å². The van der Waals surface area contributed by atoms with Crippen LogP contribution in [-0.4, -0.2) is 55.5 Å². The van der Waals surface area contributed by atoms with Gasteiger partial charge in [0, 0.05) is 18.8 Å². The molecule has 1 N–H and O–H groups in total. The monoisotopic (exact) mass is 318 g/mol. The molecule has 1 aliphatic heterocycles. The number of amides is 1. The minimum Gasteiger partial charge on any atom is -0.366 e. The largest absolute Gasteiger partial charge is 0.366 e. The number of carbonyl (C=O) groups excluding carboxylic acids is 1. The summed E-state index contributed by atoms with van der Waals surface area (Å²) >= 11 is 0. The molecule has 1 atom stereocenters. The number of H-pyrrole nitrogens is 1. The third-order valence-corrected chi connectivity index (χ3v) is 3.85. The molecule has 0 spiro atoms. The number of carbonyl (C=O) groups is 1. The first kappa shape index (κ1) is 15.7. The molecule has 8 heteroatoms. The Morgan fingerprint density at radius 2 is 2.35 bits per heavy atom. The molecular formula is C15H22N6O2. The molecule has 2 aromatic rings. The fourth-order valence-electron chi connectivity index (χ4n) is 2.56. The Balaban J connectivity index is 1.62. The third kappa shape index (κ3) is 3.58. The Kier molecular flexibility index (Phi) is 4.42. The van der Waals surface area contributed by atoms with Crippen molar-refractivity contribution < 1.29 is 9.53 Å². The molecule has 1 saturated heterocycles. The lowest BCUT2D eigenvalue weighted by Crippen LogP contribution is -2.43. The molecule has 3 heterocycles. The van der Waals surface area contributed by atoms with Crippen LogP contribution in [-0.2, 0) is 16.0 Å². The zero-order valence-electron chi connectivity index (χ0n) is 13.7. The van der Waals surface area contributed by atoms with Crippen LogP contribution in [0.2, 0.25) is 0 Å². The van der Waals surface area contributed by atoms with Gasteiger partial charge in [-0.25, -0.2) is 4.98 Å². The molecule has 23 heavy (non-hydrogen) atoms. The molecular weight excluding hydrogens is 296 g/mol. The molecule has 3 rings (SSSR count). The average molecular weight is 318 g/mol. The topological polar surface area (TPSA) is 88.9 Å². The van der Waals surface area contributed by atoms with Crippen molar-refractivity contribution in [2.45, 2.75) is 39.3 Å². The van der Waals surface area contributed by atoms with Crippen molar-refractivity contribution in [2.24, 2.45) is 0 Å². The predicted octanol–water partition coefficient (Wildman–Crippen LogP) is 1.03. The second-order valence-corrected chi connectivity index (χ2v) is 6.04. The molecule has 0 radical (unpaired) electrons. The summed E-state index contributed by atoms with van der Waals surface area (Å²) in [6.45, 7) is 7.51. The van der Waals surface area contributed by atoms with Gasteiger partial charge in [-0.05, 0) is 26.8 Å². The maximum absolute atomic E-state index is 12.5. The molecule has 1 aliphatic rings. The van der Waals surface area contributed by atoms with Crippen LogP contribution in [0.4, 0.5) is 0 Å². The predicted molar refractivity (Wildman–Crippen MR) is 82.7 cm³/mol. The number of nitrogens with zero attached hydrogens (tertiary/aromatic N) is 5. The van der Waals surface area contributed by atoms with E-state index in [0.29, 0.717) is 38.0 Å². The van der Waals surface area contributed by atoms with Crippen LogP contribution >= 0.6 is 0 Å². The summed E-state index contributed by atoms with van der Waals surface area (Å²) in [5, 5.41) is 11.4. The van der Waals surface area contributed by atoms with Crippen LogP contribution in [0.1, 0.15) is 43.3 Å². The first-order valence-electron chi connectivity index (χ1n) is 7.85. The van der Waals surface area contributed by atoms with Gasteiger partial charge in [0.05, 0.1) is 25.3 Å². The van der Waals surface area contributed by atoms with E-state index in [0.717, 1.165) is 11.5 Å². The van der Waals surface area contributed by atoms with E-state index >= 15 is 0 Å². The van der Waals surface area contributed by atoms with Crippen LogP contribution < -0.4 is 0 Å². The second-order valence-electron chi connectivity index (χ2n) is 6.04. The van der Waals surface area contributed by atoms with Crippen molar-refractivity contribution in [2.75, 3.05) is 19.7 Å². The van der Waals surface area contributed by atoms with Crippen molar-refractivity contribution in [3.05, 3.63) is 29.6 Å². The number of morpholine rings is 1. The van der Waals surface area contributed by atoms with Gasteiger partial charge in [-0.2, -0.15) is 10.2 Å². The number of nitrogens with one attached hydrogen (secondary N) is 1. The Labute approximate surface area is 134 Å². The van der Waals surface area contributed by atoms with Crippen LogP contribution in [0.5, 0.6) is 0 Å². The van der Waals surface area contributed by atoms with E-state index in [1.54, 1.807) is 4.90 Å². The highest BCUT2D eigenvalue weighted by Crippen LogP contribution is 2.19. The molecule has 2 aromatic heterocycles. The van der Waals surface area contributed by atoms with Gasteiger partial charge in [0.1, 0.15) is 11.9 Å². The summed E-state index contributed by atoms with van der Waals surface area (Å²) in [7, 11) is 0. The summed E-state index contributed by atoms with van der Waals surface area (Å²) in [6.07, 6.45) is 1.94. The number of aromatic amines is 1. The smallest absolute Gasteiger partial charge is 0.228 e. The average Bonchev–Trinajstić information content (AvgIpc) is 3.16. The van der Waals surface area contributed by atoms with E-state index in [9.17, 15) is 4.79 Å². The molecule has 0 aliphatic carbocycles. The highest BCUT2D eigenvalue weighted by atomic mass is 16.5. The van der Waals surface area contributed by atoms with Gasteiger partial charge >= 0.3 is 0 Å². The maximum atomic E-state index is 12.5. The fourth-order valence-corrected chi connectivity index (χ4v) is 2.56. The molecule has 0 bridgehead atoms. The lowest BCUT2D eigenvalue weighted by molar-refractivity contribution is -0.138. The lowest BCUT2D eigenvalue weighted by Gasteiger charge is -2.31. The highest BCUT2D eigenvalue weighted by molar-refractivity contribution is 5.78. The number of aromatic nitrogens is 5. The van der Waals surface area contributed by atoms with Crippen molar-refractivity contribution in [3.63, 3.8) is 0 Å². The summed E-state index contributed by atoms with van der Waals surface area (Å²) in [5.74, 6) is 1.40. The van der Waals surface area contributed by atoms with Gasteiger partial charge in [-0.3, -0.25) is 14.6 Å². The summed E-state index contributed by atoms with van der Waals surface area (Å²) < 4.78 is 7.55. The van der Waals surface area contributed by atoms with E-state index < -0.39 is 0 Å². The number of rotatable bonds is 4. The van der Waals surface area contributed by atoms with Gasteiger partial charge in [-0.15, -0.1) is 0 Å². The van der Waals surface area contributed by atoms with Crippen LogP contribution in [0.15, 0.2) is 12.3 Å². The Bertz CT molecular complexity index is 677. The Morgan fingerprint density at radius 3 is 3.00 bits per heavy atom. The standard InChI is InChI=1S/C15H22N6O2/c1-10(2)21-5-4-12(19-21)8-14(22)20-6-7-23-13(9-20)15-16-11(3)17-18-15/h4-5,10,13H,6-9H2,1-3H3,(H,16,17,18)/t13-/m0/s1. The molecule has 0 unspecified atom stereocenters. The molecule has 1 fully saturated rings. The second kappa shape index (κ2) is 6.49. The van der Waals surface area contributed by atoms with E-state index in [-0.39, 0.29) is 12.0 Å². The molecule has 0 saturated carbocycles. The molecule has 0 aromatic carbocycles. The van der Waals surface area contributed by atoms with Crippen molar-refractivity contribution in [3.8, 4) is 0 Å². The van der Waals surface area contributed by atoms with Gasteiger partial charge in [-0.1, -0.05) is 0 Å². The summed E-state index contributed by atoms with van der Waals surface area (Å²) in [4.78, 5) is 18.6. The van der Waals surface area contributed by atoms with E-state index in [4.69, 9.17) is 4.74 Å². The minimum atomic E-state index is -0.272. The SMILES string of the molecule is Cc1nc([C@@H]2CN(C(=O)Cc3ccn(C(C)C)n3)CCO2)n[nH]1. The highest BCUT2D eigenvalue weighted by Gasteiger charge is 2.28. The number of aryl methyl sites for hydroxylation is 1. The lowest BCUT2D eigenvalue weighted by atomic mass is 10.2. The Morgan fingerprint density at radius 1 is 1.52 bits per heavy atom. The van der Waals surface area contributed by atoms with E-state index in [2.05, 4.69) is 34.1 Å². The normalized spacial score (nSPS) is 18.6. The third-order valence-electron chi connectivity index (χ3n) is 3.85. The van der Waals surface area contributed by atoms with E-state index in [1.165, 1.54) is 0 Å². The molecule has 124 valence electrons. The van der Waals surface area contributed by atoms with E-state index in [1.807, 2.05) is 23.9 Å². The van der Waals surface area contributed by atoms with Crippen molar-refractivity contribution >= 4 is 5.91 Å². The molecule has 1 amide bonds. The first-order valence-corrected chi connectivity index (χ1v) is 7.85. The van der Waals surface area contributed by atoms with Gasteiger partial charge in [0.25, 0.3) is 0 Å². The quantitative estimate of drug-likeness (QED) is 0.909. The van der Waals surface area contributed by atoms with Gasteiger partial charge in [0.15, 0.2) is 5.82 Å². The summed E-state index contributed by atoms with van der Waals surface area (Å²) in [6, 6.07) is 2.19. The minimum absolute atomic E-state index is 0.0552. The number of ether oxygens (including phenoxy) is 1. The first-order chi connectivity index (χ1) is 11.0. The van der Waals surface area contributed by atoms with Crippen LogP contribution in [0.25, 0.3) is 0 Å². The number of hydrogen-bond acceptors (Lipinski definition) is 5. The van der Waals surface area contributed by atoms with Crippen molar-refractivity contribution in [1.29, 1.82) is 0 Å². The van der Waals surface area contributed by atoms with Crippen LogP contribution in [0, 0.1) is 6.92 Å². The van der Waals surface area contributed by atoms with Gasteiger partial charge in [0.2, 0.25) is 5.91 Å². The maximum Gasteiger partial charge on any atom is 0.228 e. The number of hydrogen-bond donors (Lipinski definition) is 1. The van der Waals surface area contributed by atoms with Gasteiger partial charge < -0.3 is 9.64 Å². The zero-order valence-corrected chi connectivity index (χ0v) is 13.7. The summed E-state index contributed by atoms with van der Waals surface area (Å²) in [5.41, 5.74) is 0.792. The zero-order chi connectivity index (χ0) is 16.4. The fraction of sp³-hybridized carbons (Fsp3) is 0.600. The molecule has 8 nitrogen and oxygen atoms in total. The Hall–Kier alpha value is -2.22.